The fourth-order valence-electron chi connectivity index (χ4n) is 4.11. The largest absolute Gasteiger partial charge is 0.505 e. The molecule has 1 N–H and O–H groups in total. The number of carbonyl (C=O) groups is 2. The number of hydrogen-bond acceptors (Lipinski definition) is 6. The number of ether oxygens (including phenoxy) is 2. The van der Waals surface area contributed by atoms with E-state index in [1.807, 2.05) is 37.3 Å². The van der Waals surface area contributed by atoms with Gasteiger partial charge in [0, 0.05) is 19.9 Å². The van der Waals surface area contributed by atoms with E-state index in [0.29, 0.717) is 35.0 Å². The Morgan fingerprint density at radius 2 is 2.00 bits per heavy atom. The van der Waals surface area contributed by atoms with E-state index < -0.39 is 17.7 Å². The summed E-state index contributed by atoms with van der Waals surface area (Å²) in [6, 6.07) is 11.9. The Morgan fingerprint density at radius 3 is 2.75 bits per heavy atom. The molecule has 0 aliphatic carbocycles. The predicted molar refractivity (Wildman–Crippen MR) is 118 cm³/mol. The first kappa shape index (κ1) is 21.6. The number of ketones is 1. The predicted octanol–water partition coefficient (Wildman–Crippen LogP) is 3.11. The highest BCUT2D eigenvalue weighted by atomic mass is 16.5. The summed E-state index contributed by atoms with van der Waals surface area (Å²) in [4.78, 5) is 32.0. The van der Waals surface area contributed by atoms with Gasteiger partial charge in [-0.3, -0.25) is 14.0 Å². The molecule has 8 heteroatoms. The highest BCUT2D eigenvalue weighted by Crippen LogP contribution is 2.40. The molecule has 1 amide bonds. The molecular formula is C24H25N3O5. The third-order valence-electron chi connectivity index (χ3n) is 5.49. The van der Waals surface area contributed by atoms with Gasteiger partial charge in [-0.25, -0.2) is 4.98 Å². The molecule has 3 aromatic rings. The lowest BCUT2D eigenvalue weighted by atomic mass is 9.96. The second-order valence-corrected chi connectivity index (χ2v) is 7.47. The summed E-state index contributed by atoms with van der Waals surface area (Å²) in [7, 11) is 1.53. The molecule has 1 aromatic carbocycles. The Labute approximate surface area is 185 Å². The minimum atomic E-state index is -0.779. The number of carbonyl (C=O) groups excluding carboxylic acids is 2. The molecular weight excluding hydrogens is 410 g/mol. The molecule has 166 valence electrons. The van der Waals surface area contributed by atoms with E-state index in [0.717, 1.165) is 0 Å². The number of Topliss-reactive ketones (excluding diaryl/α,β-unsaturated/α-hetero) is 1. The average molecular weight is 435 g/mol. The Balaban J connectivity index is 1.93. The number of aryl methyl sites for hydroxylation is 1. The van der Waals surface area contributed by atoms with Crippen LogP contribution in [0.5, 0.6) is 5.75 Å². The maximum Gasteiger partial charge on any atom is 0.295 e. The number of hydrogen-bond donors (Lipinski definition) is 1. The van der Waals surface area contributed by atoms with Crippen molar-refractivity contribution in [2.24, 2.45) is 0 Å². The molecule has 0 saturated carbocycles. The maximum atomic E-state index is 13.1. The van der Waals surface area contributed by atoms with Gasteiger partial charge in [-0.15, -0.1) is 0 Å². The molecule has 8 nitrogen and oxygen atoms in total. The lowest BCUT2D eigenvalue weighted by molar-refractivity contribution is -0.140. The SMILES string of the molecule is CCOc1cccc(C2/C(=C(\O)c3c(C)nc4ccccn34)C(=O)C(=O)N2CCOC)c1. The fourth-order valence-corrected chi connectivity index (χ4v) is 4.11. The minimum absolute atomic E-state index is 0.0218. The van der Waals surface area contributed by atoms with Crippen molar-refractivity contribution in [1.82, 2.24) is 14.3 Å². The van der Waals surface area contributed by atoms with Gasteiger partial charge in [0.05, 0.1) is 30.5 Å². The van der Waals surface area contributed by atoms with Gasteiger partial charge < -0.3 is 19.5 Å². The Bertz CT molecular complexity index is 1210. The molecule has 3 heterocycles. The fraction of sp³-hybridized carbons (Fsp3) is 0.292. The van der Waals surface area contributed by atoms with E-state index in [1.165, 1.54) is 12.0 Å². The van der Waals surface area contributed by atoms with Crippen LogP contribution in [0.3, 0.4) is 0 Å². The Morgan fingerprint density at radius 1 is 1.19 bits per heavy atom. The van der Waals surface area contributed by atoms with Crippen molar-refractivity contribution >= 4 is 23.1 Å². The number of imidazole rings is 1. The maximum absolute atomic E-state index is 13.1. The number of aliphatic hydroxyl groups excluding tert-OH is 1. The van der Waals surface area contributed by atoms with Crippen LogP contribution in [0.4, 0.5) is 0 Å². The van der Waals surface area contributed by atoms with E-state index in [1.54, 1.807) is 29.7 Å². The molecule has 0 spiro atoms. The normalized spacial score (nSPS) is 18.0. The molecule has 1 saturated heterocycles. The van der Waals surface area contributed by atoms with Gasteiger partial charge in [-0.05, 0) is 43.7 Å². The summed E-state index contributed by atoms with van der Waals surface area (Å²) < 4.78 is 12.5. The van der Waals surface area contributed by atoms with Crippen LogP contribution in [0.15, 0.2) is 54.2 Å². The molecule has 0 bridgehead atoms. The van der Waals surface area contributed by atoms with Crippen molar-refractivity contribution in [3.8, 4) is 5.75 Å². The van der Waals surface area contributed by atoms with E-state index in [-0.39, 0.29) is 24.5 Å². The van der Waals surface area contributed by atoms with Gasteiger partial charge in [0.2, 0.25) is 0 Å². The van der Waals surface area contributed by atoms with E-state index in [9.17, 15) is 14.7 Å². The molecule has 1 aliphatic rings. The van der Waals surface area contributed by atoms with Gasteiger partial charge in [0.1, 0.15) is 17.1 Å². The number of aromatic nitrogens is 2. The van der Waals surface area contributed by atoms with Gasteiger partial charge in [0.25, 0.3) is 11.7 Å². The highest BCUT2D eigenvalue weighted by molar-refractivity contribution is 6.46. The lowest BCUT2D eigenvalue weighted by Gasteiger charge is -2.25. The molecule has 1 fully saturated rings. The highest BCUT2D eigenvalue weighted by Gasteiger charge is 2.46. The van der Waals surface area contributed by atoms with Crippen LogP contribution in [0.25, 0.3) is 11.4 Å². The number of pyridine rings is 1. The van der Waals surface area contributed by atoms with E-state index in [4.69, 9.17) is 9.47 Å². The number of benzene rings is 1. The summed E-state index contributed by atoms with van der Waals surface area (Å²) in [6.07, 6.45) is 1.76. The van der Waals surface area contributed by atoms with Gasteiger partial charge in [0.15, 0.2) is 5.76 Å². The van der Waals surface area contributed by atoms with Crippen LogP contribution in [0.2, 0.25) is 0 Å². The van der Waals surface area contributed by atoms with Crippen molar-refractivity contribution in [1.29, 1.82) is 0 Å². The molecule has 32 heavy (non-hydrogen) atoms. The van der Waals surface area contributed by atoms with Crippen LogP contribution < -0.4 is 4.74 Å². The van der Waals surface area contributed by atoms with Crippen molar-refractivity contribution in [3.05, 3.63) is 71.2 Å². The first-order valence-electron chi connectivity index (χ1n) is 10.4. The average Bonchev–Trinajstić information content (AvgIpc) is 3.25. The first-order valence-corrected chi connectivity index (χ1v) is 10.4. The van der Waals surface area contributed by atoms with Crippen molar-refractivity contribution in [2.45, 2.75) is 19.9 Å². The van der Waals surface area contributed by atoms with Crippen molar-refractivity contribution < 1.29 is 24.2 Å². The zero-order chi connectivity index (χ0) is 22.8. The smallest absolute Gasteiger partial charge is 0.295 e. The van der Waals surface area contributed by atoms with Crippen LogP contribution in [0.1, 0.15) is 29.9 Å². The monoisotopic (exact) mass is 435 g/mol. The summed E-state index contributed by atoms with van der Waals surface area (Å²) in [5, 5.41) is 11.4. The standard InChI is InChI=1S/C24H25N3O5/c1-4-32-17-9-7-8-16(14-17)21-19(23(29)24(30)27(21)12-13-31-3)22(28)20-15(2)25-18-10-5-6-11-26(18)20/h5-11,14,21,28H,4,12-13H2,1-3H3/b22-19+. The minimum Gasteiger partial charge on any atom is -0.505 e. The number of likely N-dealkylation sites (tertiary alicyclic amines) is 1. The quantitative estimate of drug-likeness (QED) is 0.348. The number of amides is 1. The second kappa shape index (κ2) is 8.84. The van der Waals surface area contributed by atoms with Crippen molar-refractivity contribution in [3.63, 3.8) is 0 Å². The van der Waals surface area contributed by atoms with Crippen LogP contribution in [-0.2, 0) is 14.3 Å². The Kier molecular flexibility index (Phi) is 5.96. The number of nitrogens with zero attached hydrogens (tertiary/aromatic N) is 3. The van der Waals surface area contributed by atoms with Gasteiger partial charge in [-0.1, -0.05) is 18.2 Å². The second-order valence-electron chi connectivity index (χ2n) is 7.47. The lowest BCUT2D eigenvalue weighted by Crippen LogP contribution is -2.32. The van der Waals surface area contributed by atoms with Crippen molar-refractivity contribution in [2.75, 3.05) is 26.9 Å². The molecule has 0 radical (unpaired) electrons. The summed E-state index contributed by atoms with van der Waals surface area (Å²) >= 11 is 0. The number of rotatable bonds is 7. The summed E-state index contributed by atoms with van der Waals surface area (Å²) in [5.74, 6) is -1.06. The van der Waals surface area contributed by atoms with E-state index >= 15 is 0 Å². The number of methoxy groups -OCH3 is 1. The molecule has 2 aromatic heterocycles. The van der Waals surface area contributed by atoms with E-state index in [2.05, 4.69) is 4.98 Å². The van der Waals surface area contributed by atoms with Gasteiger partial charge >= 0.3 is 0 Å². The zero-order valence-corrected chi connectivity index (χ0v) is 18.2. The van der Waals surface area contributed by atoms with Crippen LogP contribution >= 0.6 is 0 Å². The Hall–Kier alpha value is -3.65. The molecule has 4 rings (SSSR count). The van der Waals surface area contributed by atoms with Crippen LogP contribution in [0, 0.1) is 6.92 Å². The third kappa shape index (κ3) is 3.62. The molecule has 1 aliphatic heterocycles. The summed E-state index contributed by atoms with van der Waals surface area (Å²) in [6.45, 7) is 4.57. The number of aliphatic hydroxyl groups is 1. The first-order chi connectivity index (χ1) is 15.5. The molecule has 1 atom stereocenters. The van der Waals surface area contributed by atoms with Gasteiger partial charge in [-0.2, -0.15) is 0 Å². The summed E-state index contributed by atoms with van der Waals surface area (Å²) in [5.41, 5.74) is 2.26. The third-order valence-corrected chi connectivity index (χ3v) is 5.49. The topological polar surface area (TPSA) is 93.4 Å². The zero-order valence-electron chi connectivity index (χ0n) is 18.2. The molecule has 1 unspecified atom stereocenters. The number of fused-ring (bicyclic) bond motifs is 1. The van der Waals surface area contributed by atoms with Crippen LogP contribution in [-0.4, -0.2) is 57.9 Å².